The Bertz CT molecular complexity index is 382. The van der Waals surface area contributed by atoms with Gasteiger partial charge < -0.3 is 9.63 Å². The number of hydrogen-bond donors (Lipinski definition) is 1. The topological polar surface area (TPSA) is 79.5 Å². The van der Waals surface area contributed by atoms with E-state index in [1.54, 1.807) is 4.90 Å². The van der Waals surface area contributed by atoms with Crippen molar-refractivity contribution in [3.8, 4) is 0 Å². The van der Waals surface area contributed by atoms with Gasteiger partial charge in [-0.05, 0) is 20.8 Å². The van der Waals surface area contributed by atoms with Crippen molar-refractivity contribution in [3.05, 3.63) is 11.7 Å². The van der Waals surface area contributed by atoms with E-state index >= 15 is 0 Å². The molecule has 0 aliphatic rings. The van der Waals surface area contributed by atoms with E-state index in [4.69, 9.17) is 9.63 Å². The van der Waals surface area contributed by atoms with Crippen molar-refractivity contribution in [1.82, 2.24) is 15.0 Å². The van der Waals surface area contributed by atoms with Crippen LogP contribution in [-0.2, 0) is 17.8 Å². The Labute approximate surface area is 101 Å². The third-order valence-electron chi connectivity index (χ3n) is 2.42. The van der Waals surface area contributed by atoms with E-state index in [9.17, 15) is 4.79 Å². The van der Waals surface area contributed by atoms with Crippen LogP contribution in [-0.4, -0.2) is 38.2 Å². The molecule has 1 aromatic heterocycles. The number of carboxylic acids is 1. The highest BCUT2D eigenvalue weighted by molar-refractivity contribution is 5.69. The van der Waals surface area contributed by atoms with Crippen molar-refractivity contribution in [3.63, 3.8) is 0 Å². The summed E-state index contributed by atoms with van der Waals surface area (Å²) in [6.45, 7) is 8.12. The van der Waals surface area contributed by atoms with Crippen LogP contribution in [0.4, 0.5) is 0 Å². The summed E-state index contributed by atoms with van der Waals surface area (Å²) >= 11 is 0. The number of aryl methyl sites for hydroxylation is 1. The highest BCUT2D eigenvalue weighted by atomic mass is 16.5. The zero-order valence-corrected chi connectivity index (χ0v) is 10.7. The van der Waals surface area contributed by atoms with Gasteiger partial charge in [0.2, 0.25) is 5.89 Å². The summed E-state index contributed by atoms with van der Waals surface area (Å²) in [6, 6.07) is 0. The van der Waals surface area contributed by atoms with E-state index in [0.29, 0.717) is 24.7 Å². The van der Waals surface area contributed by atoms with Crippen molar-refractivity contribution in [1.29, 1.82) is 0 Å². The lowest BCUT2D eigenvalue weighted by Gasteiger charge is -2.33. The standard InChI is InChI=1S/C11H19N3O3/c1-5-9-12-8(13-17-9)6-14(7-10(15)16)11(2,3)4/h5-7H2,1-4H3,(H,15,16). The molecule has 1 heterocycles. The fourth-order valence-electron chi connectivity index (χ4n) is 1.36. The molecule has 0 spiro atoms. The van der Waals surface area contributed by atoms with Gasteiger partial charge in [0.15, 0.2) is 5.82 Å². The molecule has 0 unspecified atom stereocenters. The SMILES string of the molecule is CCc1nc(CN(CC(=O)O)C(C)(C)C)no1. The minimum absolute atomic E-state index is 0.0422. The predicted molar refractivity (Wildman–Crippen MR) is 61.5 cm³/mol. The Hall–Kier alpha value is -1.43. The van der Waals surface area contributed by atoms with Crippen LogP contribution < -0.4 is 0 Å². The molecule has 1 aromatic rings. The van der Waals surface area contributed by atoms with Crippen LogP contribution in [0.5, 0.6) is 0 Å². The molecular weight excluding hydrogens is 222 g/mol. The van der Waals surface area contributed by atoms with Gasteiger partial charge in [0.25, 0.3) is 0 Å². The zero-order chi connectivity index (χ0) is 13.1. The summed E-state index contributed by atoms with van der Waals surface area (Å²) in [6.07, 6.45) is 0.682. The van der Waals surface area contributed by atoms with Crippen LogP contribution >= 0.6 is 0 Å². The zero-order valence-electron chi connectivity index (χ0n) is 10.7. The molecule has 0 aliphatic heterocycles. The number of nitrogens with zero attached hydrogens (tertiary/aromatic N) is 3. The number of rotatable bonds is 5. The highest BCUT2D eigenvalue weighted by Gasteiger charge is 2.25. The fourth-order valence-corrected chi connectivity index (χ4v) is 1.36. The molecule has 0 atom stereocenters. The Morgan fingerprint density at radius 3 is 2.53 bits per heavy atom. The summed E-state index contributed by atoms with van der Waals surface area (Å²) in [5, 5.41) is 12.7. The second kappa shape index (κ2) is 5.27. The normalized spacial score (nSPS) is 12.1. The molecule has 1 N–H and O–H groups in total. The van der Waals surface area contributed by atoms with Gasteiger partial charge in [0, 0.05) is 12.0 Å². The first-order valence-corrected chi connectivity index (χ1v) is 5.61. The lowest BCUT2D eigenvalue weighted by atomic mass is 10.1. The van der Waals surface area contributed by atoms with E-state index in [0.717, 1.165) is 0 Å². The Morgan fingerprint density at radius 2 is 2.12 bits per heavy atom. The van der Waals surface area contributed by atoms with E-state index in [1.165, 1.54) is 0 Å². The van der Waals surface area contributed by atoms with E-state index in [-0.39, 0.29) is 12.1 Å². The van der Waals surface area contributed by atoms with Gasteiger partial charge in [-0.1, -0.05) is 12.1 Å². The first kappa shape index (κ1) is 13.6. The first-order chi connectivity index (χ1) is 7.82. The number of carbonyl (C=O) groups is 1. The van der Waals surface area contributed by atoms with Crippen molar-refractivity contribution in [2.24, 2.45) is 0 Å². The van der Waals surface area contributed by atoms with Gasteiger partial charge >= 0.3 is 5.97 Å². The minimum Gasteiger partial charge on any atom is -0.480 e. The first-order valence-electron chi connectivity index (χ1n) is 5.61. The molecule has 0 bridgehead atoms. The van der Waals surface area contributed by atoms with Gasteiger partial charge in [-0.3, -0.25) is 9.69 Å². The van der Waals surface area contributed by atoms with Crippen LogP contribution in [0.25, 0.3) is 0 Å². The third-order valence-corrected chi connectivity index (χ3v) is 2.42. The van der Waals surface area contributed by atoms with Gasteiger partial charge in [-0.25, -0.2) is 0 Å². The lowest BCUT2D eigenvalue weighted by molar-refractivity contribution is -0.140. The summed E-state index contributed by atoms with van der Waals surface area (Å²) in [7, 11) is 0. The molecule has 0 fully saturated rings. The van der Waals surface area contributed by atoms with E-state index < -0.39 is 5.97 Å². The second-order valence-electron chi connectivity index (χ2n) is 4.88. The lowest BCUT2D eigenvalue weighted by Crippen LogP contribution is -2.44. The highest BCUT2D eigenvalue weighted by Crippen LogP contribution is 2.15. The van der Waals surface area contributed by atoms with Gasteiger partial charge in [0.05, 0.1) is 13.1 Å². The molecule has 0 aliphatic carbocycles. The predicted octanol–water partition coefficient (Wildman–Crippen LogP) is 1.32. The Morgan fingerprint density at radius 1 is 1.47 bits per heavy atom. The average Bonchev–Trinajstić information content (AvgIpc) is 2.62. The van der Waals surface area contributed by atoms with Crippen LogP contribution in [0.2, 0.25) is 0 Å². The number of carboxylic acid groups (broad SMARTS) is 1. The summed E-state index contributed by atoms with van der Waals surface area (Å²) in [5.41, 5.74) is -0.259. The molecule has 0 saturated heterocycles. The van der Waals surface area contributed by atoms with Crippen LogP contribution in [0.3, 0.4) is 0 Å². The molecular formula is C11H19N3O3. The van der Waals surface area contributed by atoms with Crippen molar-refractivity contribution < 1.29 is 14.4 Å². The molecule has 1 rings (SSSR count). The average molecular weight is 241 g/mol. The van der Waals surface area contributed by atoms with Crippen LogP contribution in [0, 0.1) is 0 Å². The van der Waals surface area contributed by atoms with Gasteiger partial charge in [-0.2, -0.15) is 4.98 Å². The Kier molecular flexibility index (Phi) is 4.22. The number of aromatic nitrogens is 2. The summed E-state index contributed by atoms with van der Waals surface area (Å²) < 4.78 is 5.00. The van der Waals surface area contributed by atoms with Crippen molar-refractivity contribution in [2.45, 2.75) is 46.2 Å². The molecule has 0 radical (unpaired) electrons. The van der Waals surface area contributed by atoms with Crippen molar-refractivity contribution in [2.75, 3.05) is 6.54 Å². The quantitative estimate of drug-likeness (QED) is 0.837. The monoisotopic (exact) mass is 241 g/mol. The molecule has 0 saturated carbocycles. The van der Waals surface area contributed by atoms with Crippen molar-refractivity contribution >= 4 is 5.97 Å². The van der Waals surface area contributed by atoms with E-state index in [2.05, 4.69) is 10.1 Å². The number of aliphatic carboxylic acids is 1. The molecule has 0 aromatic carbocycles. The smallest absolute Gasteiger partial charge is 0.317 e. The number of hydrogen-bond acceptors (Lipinski definition) is 5. The van der Waals surface area contributed by atoms with Crippen LogP contribution in [0.15, 0.2) is 4.52 Å². The minimum atomic E-state index is -0.862. The molecule has 96 valence electrons. The summed E-state index contributed by atoms with van der Waals surface area (Å²) in [5.74, 6) is 0.237. The van der Waals surface area contributed by atoms with Gasteiger partial charge in [0.1, 0.15) is 0 Å². The second-order valence-corrected chi connectivity index (χ2v) is 4.88. The Balaban J connectivity index is 2.75. The maximum atomic E-state index is 10.8. The molecule has 17 heavy (non-hydrogen) atoms. The largest absolute Gasteiger partial charge is 0.480 e. The van der Waals surface area contributed by atoms with Crippen LogP contribution in [0.1, 0.15) is 39.4 Å². The molecule has 6 nitrogen and oxygen atoms in total. The van der Waals surface area contributed by atoms with E-state index in [1.807, 2.05) is 27.7 Å². The summed E-state index contributed by atoms with van der Waals surface area (Å²) in [4.78, 5) is 16.8. The molecule has 0 amide bonds. The molecule has 6 heteroatoms. The third kappa shape index (κ3) is 4.14. The van der Waals surface area contributed by atoms with Gasteiger partial charge in [-0.15, -0.1) is 0 Å². The maximum Gasteiger partial charge on any atom is 0.317 e. The fraction of sp³-hybridized carbons (Fsp3) is 0.727. The maximum absolute atomic E-state index is 10.8.